The van der Waals surface area contributed by atoms with Crippen molar-refractivity contribution in [1.29, 1.82) is 0 Å². The number of rotatable bonds is 17. The molecule has 0 bridgehead atoms. The van der Waals surface area contributed by atoms with Crippen molar-refractivity contribution in [3.63, 3.8) is 0 Å². The van der Waals surface area contributed by atoms with E-state index in [9.17, 15) is 9.59 Å². The van der Waals surface area contributed by atoms with Gasteiger partial charge in [-0.1, -0.05) is 0 Å². The lowest BCUT2D eigenvalue weighted by molar-refractivity contribution is -0.146. The first-order valence-corrected chi connectivity index (χ1v) is 8.74. The maximum Gasteiger partial charge on any atom is 0.331 e. The molecule has 0 aliphatic heterocycles. The fraction of sp³-hybridized carbons (Fsp3) is 0.882. The second-order valence-electron chi connectivity index (χ2n) is 5.12. The van der Waals surface area contributed by atoms with Crippen molar-refractivity contribution in [2.24, 2.45) is 0 Å². The van der Waals surface area contributed by atoms with Gasteiger partial charge in [-0.25, -0.2) is 4.79 Å². The van der Waals surface area contributed by atoms with Gasteiger partial charge in [-0.05, 0) is 21.0 Å². The number of nitrogens with one attached hydrogen (secondary N) is 2. The monoisotopic (exact) mass is 380 g/mol. The zero-order valence-corrected chi connectivity index (χ0v) is 16.6. The van der Waals surface area contributed by atoms with E-state index in [1.54, 1.807) is 6.92 Å². The first-order valence-electron chi connectivity index (χ1n) is 8.74. The maximum absolute atomic E-state index is 10.5. The van der Waals surface area contributed by atoms with Gasteiger partial charge in [0, 0.05) is 19.5 Å². The predicted molar refractivity (Wildman–Crippen MR) is 98.4 cm³/mol. The molecule has 0 unspecified atom stereocenters. The molecule has 9 nitrogen and oxygen atoms in total. The van der Waals surface area contributed by atoms with Gasteiger partial charge in [0.05, 0.1) is 53.4 Å². The van der Waals surface area contributed by atoms with Gasteiger partial charge in [0.15, 0.2) is 0 Å². The van der Waals surface area contributed by atoms with E-state index in [0.717, 1.165) is 13.1 Å². The van der Waals surface area contributed by atoms with Crippen molar-refractivity contribution < 1.29 is 33.3 Å². The summed E-state index contributed by atoms with van der Waals surface area (Å²) >= 11 is 0. The van der Waals surface area contributed by atoms with Crippen LogP contribution in [0.5, 0.6) is 0 Å². The molecular weight excluding hydrogens is 344 g/mol. The number of carbonyl (C=O) groups is 2. The molecule has 0 heterocycles. The molecule has 0 aliphatic carbocycles. The van der Waals surface area contributed by atoms with Gasteiger partial charge in [0.2, 0.25) is 0 Å². The lowest BCUT2D eigenvalue weighted by Gasteiger charge is -2.04. The minimum Gasteiger partial charge on any atom is -0.467 e. The summed E-state index contributed by atoms with van der Waals surface area (Å²) in [6.07, 6.45) is 0.497. The molecule has 0 saturated heterocycles. The predicted octanol–water partition coefficient (Wildman–Crippen LogP) is -0.370. The summed E-state index contributed by atoms with van der Waals surface area (Å²) in [5.74, 6) is -0.202. The Bertz CT molecular complexity index is 317. The van der Waals surface area contributed by atoms with Crippen LogP contribution < -0.4 is 10.6 Å². The zero-order valence-electron chi connectivity index (χ0n) is 16.6. The lowest BCUT2D eigenvalue weighted by Crippen LogP contribution is -2.17. The van der Waals surface area contributed by atoms with Gasteiger partial charge in [0.25, 0.3) is 0 Å². The third kappa shape index (κ3) is 27.7. The Hall–Kier alpha value is -1.10. The molecule has 0 aromatic rings. The topological polar surface area (TPSA) is 104 Å². The Morgan fingerprint density at radius 3 is 1.62 bits per heavy atom. The Labute approximate surface area is 157 Å². The van der Waals surface area contributed by atoms with Crippen LogP contribution in [0.1, 0.15) is 13.3 Å². The van der Waals surface area contributed by atoms with Gasteiger partial charge in [0.1, 0.15) is 12.4 Å². The van der Waals surface area contributed by atoms with Crippen LogP contribution in [0.3, 0.4) is 0 Å². The number of ether oxygens (including phenoxy) is 5. The highest BCUT2D eigenvalue weighted by molar-refractivity contribution is 5.75. The molecule has 0 amide bonds. The highest BCUT2D eigenvalue weighted by atomic mass is 16.6. The number of esters is 1. The largest absolute Gasteiger partial charge is 0.467 e. The SMILES string of the molecule is CNCCOCCOCC(=O)OC.CNCCOCCOCCC(C)=O. The summed E-state index contributed by atoms with van der Waals surface area (Å²) in [5.41, 5.74) is 0. The Morgan fingerprint density at radius 2 is 1.19 bits per heavy atom. The second kappa shape index (κ2) is 23.9. The maximum atomic E-state index is 10.5. The second-order valence-corrected chi connectivity index (χ2v) is 5.12. The van der Waals surface area contributed by atoms with Crippen LogP contribution in [0.4, 0.5) is 0 Å². The third-order valence-electron chi connectivity index (χ3n) is 2.78. The number of methoxy groups -OCH3 is 1. The van der Waals surface area contributed by atoms with Crippen LogP contribution in [-0.2, 0) is 33.3 Å². The normalized spacial score (nSPS) is 10.2. The molecule has 0 aromatic heterocycles. The smallest absolute Gasteiger partial charge is 0.331 e. The highest BCUT2D eigenvalue weighted by Crippen LogP contribution is 1.84. The summed E-state index contributed by atoms with van der Waals surface area (Å²) in [4.78, 5) is 21.0. The molecule has 0 radical (unpaired) electrons. The fourth-order valence-corrected chi connectivity index (χ4v) is 1.32. The van der Waals surface area contributed by atoms with Crippen LogP contribution in [0, 0.1) is 0 Å². The standard InChI is InChI=1S/C9H19NO3.C8H17NO4/c1-9(11)3-5-12-7-8-13-6-4-10-2;1-9-3-4-12-5-6-13-7-8(10)11-2/h10H,3-8H2,1-2H3;9H,3-7H2,1-2H3. The molecule has 9 heteroatoms. The van der Waals surface area contributed by atoms with E-state index in [2.05, 4.69) is 15.4 Å². The third-order valence-corrected chi connectivity index (χ3v) is 2.78. The summed E-state index contributed by atoms with van der Waals surface area (Å²) in [6, 6.07) is 0. The van der Waals surface area contributed by atoms with E-state index in [1.165, 1.54) is 7.11 Å². The van der Waals surface area contributed by atoms with E-state index >= 15 is 0 Å². The summed E-state index contributed by atoms with van der Waals surface area (Å²) in [5, 5.41) is 5.92. The van der Waals surface area contributed by atoms with Gasteiger partial charge in [-0.15, -0.1) is 0 Å². The number of hydrogen-bond acceptors (Lipinski definition) is 9. The van der Waals surface area contributed by atoms with Crippen molar-refractivity contribution in [1.82, 2.24) is 10.6 Å². The van der Waals surface area contributed by atoms with E-state index in [-0.39, 0.29) is 18.4 Å². The van der Waals surface area contributed by atoms with Crippen molar-refractivity contribution in [2.45, 2.75) is 13.3 Å². The van der Waals surface area contributed by atoms with E-state index in [1.807, 2.05) is 14.1 Å². The van der Waals surface area contributed by atoms with Crippen LogP contribution in [0.15, 0.2) is 0 Å². The van der Waals surface area contributed by atoms with Crippen molar-refractivity contribution in [3.05, 3.63) is 0 Å². The Kier molecular flexibility index (Phi) is 24.9. The van der Waals surface area contributed by atoms with E-state index in [0.29, 0.717) is 52.7 Å². The first kappa shape index (κ1) is 27.1. The summed E-state index contributed by atoms with van der Waals surface area (Å²) in [6.45, 7) is 7.16. The average Bonchev–Trinajstić information content (AvgIpc) is 2.63. The fourth-order valence-electron chi connectivity index (χ4n) is 1.32. The van der Waals surface area contributed by atoms with Crippen molar-refractivity contribution >= 4 is 11.8 Å². The minimum atomic E-state index is -0.366. The Morgan fingerprint density at radius 1 is 0.731 bits per heavy atom. The van der Waals surface area contributed by atoms with Gasteiger partial charge in [-0.2, -0.15) is 0 Å². The van der Waals surface area contributed by atoms with Crippen LogP contribution in [0.2, 0.25) is 0 Å². The molecule has 26 heavy (non-hydrogen) atoms. The van der Waals surface area contributed by atoms with Gasteiger partial charge in [-0.3, -0.25) is 4.79 Å². The summed E-state index contributed by atoms with van der Waals surface area (Å²) in [7, 11) is 5.07. The number of carbonyl (C=O) groups excluding carboxylic acids is 2. The number of hydrogen-bond donors (Lipinski definition) is 2. The van der Waals surface area contributed by atoms with Gasteiger partial charge >= 0.3 is 5.97 Å². The van der Waals surface area contributed by atoms with E-state index < -0.39 is 0 Å². The average molecular weight is 380 g/mol. The summed E-state index contributed by atoms with van der Waals surface area (Å²) < 4.78 is 24.8. The number of likely N-dealkylation sites (N-methyl/N-ethyl adjacent to an activating group) is 2. The van der Waals surface area contributed by atoms with E-state index in [4.69, 9.17) is 18.9 Å². The molecular formula is C17H36N2O7. The molecule has 0 aliphatic rings. The number of ketones is 1. The molecule has 0 spiro atoms. The lowest BCUT2D eigenvalue weighted by atomic mass is 10.3. The van der Waals surface area contributed by atoms with Crippen LogP contribution in [-0.4, -0.2) is 98.9 Å². The van der Waals surface area contributed by atoms with Gasteiger partial charge < -0.3 is 34.3 Å². The molecule has 0 atom stereocenters. The highest BCUT2D eigenvalue weighted by Gasteiger charge is 1.98. The van der Waals surface area contributed by atoms with Crippen molar-refractivity contribution in [2.75, 3.05) is 87.1 Å². The number of Topliss-reactive ketones (excluding diaryl/α,β-unsaturated/α-hetero) is 1. The molecule has 0 aromatic carbocycles. The molecule has 2 N–H and O–H groups in total. The Balaban J connectivity index is 0. The molecule has 156 valence electrons. The molecule has 0 fully saturated rings. The van der Waals surface area contributed by atoms with Crippen LogP contribution >= 0.6 is 0 Å². The van der Waals surface area contributed by atoms with Crippen LogP contribution in [0.25, 0.3) is 0 Å². The quantitative estimate of drug-likeness (QED) is 0.258. The minimum absolute atomic E-state index is 0.00805. The molecule has 0 rings (SSSR count). The van der Waals surface area contributed by atoms with Crippen molar-refractivity contribution in [3.8, 4) is 0 Å². The first-order chi connectivity index (χ1) is 12.6. The zero-order chi connectivity index (χ0) is 19.9. The molecule has 0 saturated carbocycles.